The van der Waals surface area contributed by atoms with Gasteiger partial charge in [0.15, 0.2) is 0 Å². The molecule has 0 bridgehead atoms. The maximum Gasteiger partial charge on any atom is 0.416 e. The first kappa shape index (κ1) is 14.0. The Balaban J connectivity index is 2.97. The van der Waals surface area contributed by atoms with Crippen LogP contribution in [0.3, 0.4) is 0 Å². The van der Waals surface area contributed by atoms with Crippen LogP contribution in [0.15, 0.2) is 18.2 Å². The molecule has 1 rings (SSSR count). The average Bonchev–Trinajstić information content (AvgIpc) is 2.23. The first-order valence-corrected chi connectivity index (χ1v) is 5.55. The smallest absolute Gasteiger partial charge is 0.207 e. The minimum Gasteiger partial charge on any atom is -0.207 e. The predicted molar refractivity (Wildman–Crippen MR) is 59.0 cm³/mol. The van der Waals surface area contributed by atoms with Crippen molar-refractivity contribution in [3.8, 4) is 0 Å². The van der Waals surface area contributed by atoms with Crippen LogP contribution in [0.2, 0.25) is 0 Å². The van der Waals surface area contributed by atoms with Gasteiger partial charge in [0.2, 0.25) is 0 Å². The molecule has 0 aromatic heterocycles. The molecule has 95 valence electrons. The highest BCUT2D eigenvalue weighted by Crippen LogP contribution is 2.32. The van der Waals surface area contributed by atoms with Crippen LogP contribution < -0.4 is 0 Å². The Bertz CT molecular complexity index is 368. The third-order valence-corrected chi connectivity index (χ3v) is 2.62. The molecule has 1 aromatic rings. The zero-order chi connectivity index (χ0) is 13.1. The van der Waals surface area contributed by atoms with Crippen molar-refractivity contribution in [3.05, 3.63) is 42.1 Å². The van der Waals surface area contributed by atoms with Crippen LogP contribution in [0.1, 0.15) is 43.2 Å². The first-order valence-electron chi connectivity index (χ1n) is 5.55. The molecule has 1 radical (unpaired) electrons. The second-order valence-corrected chi connectivity index (χ2v) is 4.11. The second-order valence-electron chi connectivity index (χ2n) is 4.11. The minimum absolute atomic E-state index is 0.299. The van der Waals surface area contributed by atoms with E-state index in [1.807, 2.05) is 6.92 Å². The van der Waals surface area contributed by atoms with Crippen molar-refractivity contribution in [2.24, 2.45) is 0 Å². The van der Waals surface area contributed by atoms with Crippen LogP contribution in [0.4, 0.5) is 17.6 Å². The van der Waals surface area contributed by atoms with Gasteiger partial charge in [-0.3, -0.25) is 0 Å². The predicted octanol–water partition coefficient (Wildman–Crippen LogP) is 4.95. The molecule has 0 N–H and O–H groups in total. The van der Waals surface area contributed by atoms with E-state index in [4.69, 9.17) is 0 Å². The van der Waals surface area contributed by atoms with E-state index in [0.717, 1.165) is 25.0 Å². The summed E-state index contributed by atoms with van der Waals surface area (Å²) in [5.41, 5.74) is -0.636. The van der Waals surface area contributed by atoms with Gasteiger partial charge in [-0.05, 0) is 43.0 Å². The third kappa shape index (κ3) is 4.02. The third-order valence-electron chi connectivity index (χ3n) is 2.62. The Kier molecular flexibility index (Phi) is 4.54. The summed E-state index contributed by atoms with van der Waals surface area (Å²) in [4.78, 5) is 0. The molecule has 0 aliphatic rings. The van der Waals surface area contributed by atoms with Gasteiger partial charge in [0.25, 0.3) is 0 Å². The van der Waals surface area contributed by atoms with Crippen molar-refractivity contribution in [2.75, 3.05) is 0 Å². The monoisotopic (exact) mass is 247 g/mol. The van der Waals surface area contributed by atoms with Gasteiger partial charge in [-0.15, -0.1) is 0 Å². The molecule has 0 heterocycles. The number of rotatable bonds is 4. The fourth-order valence-electron chi connectivity index (χ4n) is 1.63. The van der Waals surface area contributed by atoms with Crippen LogP contribution in [0.25, 0.3) is 0 Å². The number of alkyl halides is 3. The Morgan fingerprint density at radius 2 is 1.88 bits per heavy atom. The van der Waals surface area contributed by atoms with Crippen LogP contribution in [-0.2, 0) is 6.18 Å². The Morgan fingerprint density at radius 1 is 1.24 bits per heavy atom. The summed E-state index contributed by atoms with van der Waals surface area (Å²) in [6.07, 6.45) is -2.04. The summed E-state index contributed by atoms with van der Waals surface area (Å²) in [5.74, 6) is -1.16. The number of hydrogen-bond acceptors (Lipinski definition) is 0. The van der Waals surface area contributed by atoms with E-state index in [1.165, 1.54) is 0 Å². The number of halogens is 4. The summed E-state index contributed by atoms with van der Waals surface area (Å²) in [5, 5.41) is 0. The van der Waals surface area contributed by atoms with Gasteiger partial charge in [0.1, 0.15) is 5.82 Å². The molecule has 0 saturated heterocycles. The van der Waals surface area contributed by atoms with Crippen molar-refractivity contribution in [2.45, 2.75) is 38.3 Å². The minimum atomic E-state index is -4.51. The lowest BCUT2D eigenvalue weighted by Crippen LogP contribution is -2.07. The Labute approximate surface area is 98.6 Å². The van der Waals surface area contributed by atoms with Gasteiger partial charge >= 0.3 is 6.18 Å². The van der Waals surface area contributed by atoms with Crippen LogP contribution in [-0.4, -0.2) is 0 Å². The zero-order valence-corrected chi connectivity index (χ0v) is 9.65. The van der Waals surface area contributed by atoms with Gasteiger partial charge < -0.3 is 0 Å². The van der Waals surface area contributed by atoms with Gasteiger partial charge in [-0.25, -0.2) is 4.39 Å². The SMILES string of the molecule is [CH2]C(CCCC)c1cc(F)cc(C(F)(F)F)c1. The quantitative estimate of drug-likeness (QED) is 0.660. The van der Waals surface area contributed by atoms with Crippen LogP contribution in [0, 0.1) is 12.7 Å². The topological polar surface area (TPSA) is 0 Å². The Morgan fingerprint density at radius 3 is 2.41 bits per heavy atom. The van der Waals surface area contributed by atoms with Crippen molar-refractivity contribution in [1.82, 2.24) is 0 Å². The molecule has 0 fully saturated rings. The second kappa shape index (κ2) is 5.52. The lowest BCUT2D eigenvalue weighted by Gasteiger charge is -2.14. The van der Waals surface area contributed by atoms with E-state index in [-0.39, 0.29) is 5.92 Å². The molecular formula is C13H15F4. The summed E-state index contributed by atoms with van der Waals surface area (Å²) in [6, 6.07) is 2.62. The standard InChI is InChI=1S/C13H15F4/c1-3-4-5-9(2)10-6-11(13(15,16)17)8-12(14)7-10/h6-9H,2-5H2,1H3. The molecular weight excluding hydrogens is 232 g/mol. The summed E-state index contributed by atoms with van der Waals surface area (Å²) < 4.78 is 50.5. The molecule has 1 aromatic carbocycles. The molecule has 17 heavy (non-hydrogen) atoms. The largest absolute Gasteiger partial charge is 0.416 e. The summed E-state index contributed by atoms with van der Waals surface area (Å²) >= 11 is 0. The highest BCUT2D eigenvalue weighted by atomic mass is 19.4. The van der Waals surface area contributed by atoms with Crippen molar-refractivity contribution in [1.29, 1.82) is 0 Å². The Hall–Kier alpha value is -1.06. The fourth-order valence-corrected chi connectivity index (χ4v) is 1.63. The molecule has 0 spiro atoms. The van der Waals surface area contributed by atoms with E-state index in [0.29, 0.717) is 18.1 Å². The van der Waals surface area contributed by atoms with Crippen molar-refractivity contribution in [3.63, 3.8) is 0 Å². The number of benzene rings is 1. The first-order chi connectivity index (χ1) is 7.84. The molecule has 1 atom stereocenters. The van der Waals surface area contributed by atoms with Gasteiger partial charge in [-0.2, -0.15) is 13.2 Å². The van der Waals surface area contributed by atoms with E-state index in [9.17, 15) is 17.6 Å². The molecule has 0 nitrogen and oxygen atoms in total. The highest BCUT2D eigenvalue weighted by molar-refractivity contribution is 5.29. The number of unbranched alkanes of at least 4 members (excludes halogenated alkanes) is 1. The van der Waals surface area contributed by atoms with Crippen molar-refractivity contribution < 1.29 is 17.6 Å². The lowest BCUT2D eigenvalue weighted by atomic mass is 9.94. The number of hydrogen-bond donors (Lipinski definition) is 0. The maximum absolute atomic E-state index is 13.1. The van der Waals surface area contributed by atoms with E-state index in [2.05, 4.69) is 6.92 Å². The van der Waals surface area contributed by atoms with Gasteiger partial charge in [-0.1, -0.05) is 19.8 Å². The summed E-state index contributed by atoms with van der Waals surface area (Å²) in [6.45, 7) is 5.76. The van der Waals surface area contributed by atoms with Gasteiger partial charge in [0, 0.05) is 0 Å². The van der Waals surface area contributed by atoms with Crippen molar-refractivity contribution >= 4 is 0 Å². The molecule has 0 aliphatic heterocycles. The van der Waals surface area contributed by atoms with Crippen LogP contribution in [0.5, 0.6) is 0 Å². The van der Waals surface area contributed by atoms with E-state index >= 15 is 0 Å². The molecule has 0 aliphatic carbocycles. The fraction of sp³-hybridized carbons (Fsp3) is 0.462. The van der Waals surface area contributed by atoms with Gasteiger partial charge in [0.05, 0.1) is 5.56 Å². The van der Waals surface area contributed by atoms with Crippen LogP contribution >= 0.6 is 0 Å². The normalized spacial score (nSPS) is 13.8. The zero-order valence-electron chi connectivity index (χ0n) is 9.65. The lowest BCUT2D eigenvalue weighted by molar-refractivity contribution is -0.137. The molecule has 0 amide bonds. The molecule has 0 saturated carbocycles. The molecule has 1 unspecified atom stereocenters. The maximum atomic E-state index is 13.1. The average molecular weight is 247 g/mol. The molecule has 4 heteroatoms. The summed E-state index contributed by atoms with van der Waals surface area (Å²) in [7, 11) is 0. The van der Waals surface area contributed by atoms with E-state index < -0.39 is 17.6 Å². The van der Waals surface area contributed by atoms with E-state index in [1.54, 1.807) is 0 Å². The highest BCUT2D eigenvalue weighted by Gasteiger charge is 2.31.